The van der Waals surface area contributed by atoms with Gasteiger partial charge in [-0.2, -0.15) is 0 Å². The van der Waals surface area contributed by atoms with Crippen molar-refractivity contribution in [3.05, 3.63) is 48.2 Å². The van der Waals surface area contributed by atoms with Gasteiger partial charge in [-0.15, -0.1) is 0 Å². The fraction of sp³-hybridized carbons (Fsp3) is 0.182. The number of carbonyl (C=O) groups excluding carboxylic acids is 1. The summed E-state index contributed by atoms with van der Waals surface area (Å²) in [6, 6.07) is 6.26. The molecular weight excluding hydrogens is 242 g/mol. The van der Waals surface area contributed by atoms with E-state index in [0.29, 0.717) is 11.1 Å². The third-order valence-corrected chi connectivity index (χ3v) is 3.21. The quantitative estimate of drug-likeness (QED) is 0.798. The summed E-state index contributed by atoms with van der Waals surface area (Å²) in [7, 11) is -2.19. The first kappa shape index (κ1) is 13.2. The molecule has 1 rings (SSSR count). The molecule has 0 atom stereocenters. The number of nitrogens with one attached hydrogen (secondary N) is 1. The minimum absolute atomic E-state index is 0.218. The largest absolute Gasteiger partial charge is 0.465 e. The highest BCUT2D eigenvalue weighted by Gasteiger charge is 2.11. The molecule has 0 unspecified atom stereocenters. The maximum atomic E-state index is 11.5. The van der Waals surface area contributed by atoms with E-state index in [4.69, 9.17) is 0 Å². The average Bonchev–Trinajstić information content (AvgIpc) is 2.27. The molecule has 1 aromatic carbocycles. The van der Waals surface area contributed by atoms with Gasteiger partial charge in [0.1, 0.15) is 0 Å². The maximum absolute atomic E-state index is 11.5. The summed E-state index contributed by atoms with van der Waals surface area (Å²) in [5.41, 5.74) is 0.820. The summed E-state index contributed by atoms with van der Waals surface area (Å²) < 4.78 is 29.6. The molecule has 0 amide bonds. The van der Waals surface area contributed by atoms with Crippen LogP contribution in [0.1, 0.15) is 15.9 Å². The molecule has 0 spiro atoms. The highest BCUT2D eigenvalue weighted by atomic mass is 32.2. The van der Waals surface area contributed by atoms with Gasteiger partial charge in [-0.3, -0.25) is 4.72 Å². The zero-order chi connectivity index (χ0) is 12.9. The van der Waals surface area contributed by atoms with Crippen LogP contribution in [-0.2, 0) is 20.5 Å². The van der Waals surface area contributed by atoms with Crippen molar-refractivity contribution in [3.8, 4) is 0 Å². The lowest BCUT2D eigenvalue weighted by Crippen LogP contribution is -2.19. The summed E-state index contributed by atoms with van der Waals surface area (Å²) in [4.78, 5) is 11.3. The van der Waals surface area contributed by atoms with E-state index in [1.807, 2.05) is 0 Å². The first-order chi connectivity index (χ1) is 7.98. The molecule has 6 heteroatoms. The predicted octanol–water partition coefficient (Wildman–Crippen LogP) is 1.04. The van der Waals surface area contributed by atoms with Crippen molar-refractivity contribution in [2.75, 3.05) is 7.11 Å². The molecule has 0 fully saturated rings. The highest BCUT2D eigenvalue weighted by Crippen LogP contribution is 2.09. The van der Waals surface area contributed by atoms with Crippen molar-refractivity contribution in [1.82, 2.24) is 4.72 Å². The van der Waals surface area contributed by atoms with E-state index in [0.717, 1.165) is 6.20 Å². The van der Waals surface area contributed by atoms with Crippen LogP contribution in [0.15, 0.2) is 37.0 Å². The Balaban J connectivity index is 2.93. The lowest BCUT2D eigenvalue weighted by molar-refractivity contribution is 0.0600. The molecule has 1 N–H and O–H groups in total. The van der Waals surface area contributed by atoms with Crippen LogP contribution < -0.4 is 4.72 Å². The van der Waals surface area contributed by atoms with Gasteiger partial charge in [0, 0.05) is 6.20 Å². The minimum atomic E-state index is -3.45. The van der Waals surface area contributed by atoms with Gasteiger partial charge in [0.15, 0.2) is 0 Å². The fourth-order valence-electron chi connectivity index (χ4n) is 1.29. The summed E-state index contributed by atoms with van der Waals surface area (Å²) in [6.45, 7) is 3.28. The second-order valence-electron chi connectivity index (χ2n) is 3.27. The molecule has 0 bridgehead atoms. The van der Waals surface area contributed by atoms with Gasteiger partial charge >= 0.3 is 5.97 Å². The zero-order valence-electron chi connectivity index (χ0n) is 9.34. The van der Waals surface area contributed by atoms with E-state index in [1.54, 1.807) is 18.2 Å². The van der Waals surface area contributed by atoms with Crippen molar-refractivity contribution in [3.63, 3.8) is 0 Å². The number of benzene rings is 1. The Hall–Kier alpha value is -1.82. The molecule has 0 radical (unpaired) electrons. The van der Waals surface area contributed by atoms with Gasteiger partial charge in [0.2, 0.25) is 10.0 Å². The number of methoxy groups -OCH3 is 1. The van der Waals surface area contributed by atoms with E-state index in [1.165, 1.54) is 13.2 Å². The molecule has 5 nitrogen and oxygen atoms in total. The lowest BCUT2D eigenvalue weighted by Gasteiger charge is -2.05. The first-order valence-electron chi connectivity index (χ1n) is 4.76. The maximum Gasteiger partial charge on any atom is 0.337 e. The fourth-order valence-corrected chi connectivity index (χ4v) is 2.25. The number of ether oxygens (including phenoxy) is 1. The minimum Gasteiger partial charge on any atom is -0.465 e. The first-order valence-corrected chi connectivity index (χ1v) is 6.42. The van der Waals surface area contributed by atoms with E-state index in [-0.39, 0.29) is 5.75 Å². The normalized spacial score (nSPS) is 10.6. The number of esters is 1. The second kappa shape index (κ2) is 5.49. The summed E-state index contributed by atoms with van der Waals surface area (Å²) >= 11 is 0. The van der Waals surface area contributed by atoms with Crippen molar-refractivity contribution in [2.24, 2.45) is 0 Å². The van der Waals surface area contributed by atoms with Crippen LogP contribution in [0.2, 0.25) is 0 Å². The van der Waals surface area contributed by atoms with E-state index < -0.39 is 16.0 Å². The number of sulfonamides is 1. The number of hydrogen-bond donors (Lipinski definition) is 1. The van der Waals surface area contributed by atoms with Gasteiger partial charge in [0.05, 0.1) is 18.4 Å². The monoisotopic (exact) mass is 255 g/mol. The third-order valence-electron chi connectivity index (χ3n) is 1.97. The summed E-state index contributed by atoms with van der Waals surface area (Å²) in [5, 5.41) is 0. The van der Waals surface area contributed by atoms with E-state index >= 15 is 0 Å². The number of carbonyl (C=O) groups is 1. The van der Waals surface area contributed by atoms with Crippen LogP contribution >= 0.6 is 0 Å². The molecular formula is C11H13NO4S. The molecule has 0 aromatic heterocycles. The smallest absolute Gasteiger partial charge is 0.337 e. The average molecular weight is 255 g/mol. The summed E-state index contributed by atoms with van der Waals surface area (Å²) in [5.74, 6) is -0.718. The van der Waals surface area contributed by atoms with E-state index in [2.05, 4.69) is 16.0 Å². The van der Waals surface area contributed by atoms with Gasteiger partial charge in [-0.25, -0.2) is 13.2 Å². The Morgan fingerprint density at radius 3 is 2.82 bits per heavy atom. The number of hydrogen-bond acceptors (Lipinski definition) is 4. The molecule has 0 saturated heterocycles. The second-order valence-corrected chi connectivity index (χ2v) is 5.03. The highest BCUT2D eigenvalue weighted by molar-refractivity contribution is 7.88. The molecule has 1 aromatic rings. The van der Waals surface area contributed by atoms with Crippen molar-refractivity contribution < 1.29 is 17.9 Å². The SMILES string of the molecule is C=CNS(=O)(=O)Cc1cccc(C(=O)OC)c1. The molecule has 0 aliphatic heterocycles. The molecule has 17 heavy (non-hydrogen) atoms. The van der Waals surface area contributed by atoms with Gasteiger partial charge in [-0.05, 0) is 17.7 Å². The van der Waals surface area contributed by atoms with Gasteiger partial charge in [0.25, 0.3) is 0 Å². The predicted molar refractivity (Wildman–Crippen MR) is 63.7 cm³/mol. The topological polar surface area (TPSA) is 72.5 Å². The zero-order valence-corrected chi connectivity index (χ0v) is 10.2. The van der Waals surface area contributed by atoms with E-state index in [9.17, 15) is 13.2 Å². The Bertz CT molecular complexity index is 522. The Kier molecular flexibility index (Phi) is 4.28. The lowest BCUT2D eigenvalue weighted by atomic mass is 10.1. The molecule has 92 valence electrons. The van der Waals surface area contributed by atoms with Crippen LogP contribution in [0.3, 0.4) is 0 Å². The molecule has 0 aliphatic carbocycles. The summed E-state index contributed by atoms with van der Waals surface area (Å²) in [6.07, 6.45) is 1.10. The molecule has 0 aliphatic rings. The van der Waals surface area contributed by atoms with Gasteiger partial charge < -0.3 is 4.74 Å². The number of rotatable bonds is 5. The van der Waals surface area contributed by atoms with Gasteiger partial charge in [-0.1, -0.05) is 18.7 Å². The Labute approximate surface area is 100 Å². The Morgan fingerprint density at radius 2 is 2.24 bits per heavy atom. The van der Waals surface area contributed by atoms with Crippen LogP contribution in [0, 0.1) is 0 Å². The molecule has 0 saturated carbocycles. The third kappa shape index (κ3) is 3.92. The van der Waals surface area contributed by atoms with Crippen LogP contribution in [0.25, 0.3) is 0 Å². The van der Waals surface area contributed by atoms with Crippen molar-refractivity contribution in [2.45, 2.75) is 5.75 Å². The van der Waals surface area contributed by atoms with Crippen LogP contribution in [0.5, 0.6) is 0 Å². The standard InChI is InChI=1S/C11H13NO4S/c1-3-12-17(14,15)8-9-5-4-6-10(7-9)11(13)16-2/h3-7,12H,1,8H2,2H3. The van der Waals surface area contributed by atoms with Crippen molar-refractivity contribution >= 4 is 16.0 Å². The van der Waals surface area contributed by atoms with Crippen LogP contribution in [0.4, 0.5) is 0 Å². The molecule has 0 heterocycles. The Morgan fingerprint density at radius 1 is 1.53 bits per heavy atom. The van der Waals surface area contributed by atoms with Crippen molar-refractivity contribution in [1.29, 1.82) is 0 Å². The van der Waals surface area contributed by atoms with Crippen LogP contribution in [-0.4, -0.2) is 21.5 Å².